The number of non-ortho nitro benzene ring substituents is 1. The van der Waals surface area contributed by atoms with Crippen molar-refractivity contribution in [3.8, 4) is 11.5 Å². The minimum Gasteiger partial charge on any atom is -0.486 e. The molecule has 0 bridgehead atoms. The Hall–Kier alpha value is -3.91. The molecule has 2 heterocycles. The van der Waals surface area contributed by atoms with Crippen LogP contribution in [0.1, 0.15) is 22.5 Å². The fraction of sp³-hybridized carbons (Fsp3) is 0.208. The molecule has 1 aromatic heterocycles. The van der Waals surface area contributed by atoms with Gasteiger partial charge in [-0.05, 0) is 31.2 Å². The molecule has 1 aliphatic heterocycles. The SMILES string of the molecule is Cc1ccc(OCc2nc3ccccc3n2Cc2cc([N+](=O)[O-])cc3c2OCOC3)cc1. The molecule has 4 aromatic rings. The van der Waals surface area contributed by atoms with Crippen molar-refractivity contribution in [2.45, 2.75) is 26.7 Å². The molecule has 8 heteroatoms. The second kappa shape index (κ2) is 8.32. The molecular weight excluding hydrogens is 410 g/mol. The van der Waals surface area contributed by atoms with Crippen LogP contribution in [0, 0.1) is 17.0 Å². The van der Waals surface area contributed by atoms with Gasteiger partial charge in [-0.25, -0.2) is 4.98 Å². The monoisotopic (exact) mass is 431 g/mol. The Bertz CT molecular complexity index is 1300. The second-order valence-corrected chi connectivity index (χ2v) is 7.67. The lowest BCUT2D eigenvalue weighted by Crippen LogP contribution is -2.16. The number of imidazole rings is 1. The maximum Gasteiger partial charge on any atom is 0.270 e. The van der Waals surface area contributed by atoms with Crippen LogP contribution in [0.4, 0.5) is 5.69 Å². The molecule has 0 atom stereocenters. The van der Waals surface area contributed by atoms with E-state index in [9.17, 15) is 10.1 Å². The third-order valence-corrected chi connectivity index (χ3v) is 5.43. The molecule has 0 unspecified atom stereocenters. The number of benzene rings is 3. The van der Waals surface area contributed by atoms with Gasteiger partial charge in [0, 0.05) is 23.3 Å². The van der Waals surface area contributed by atoms with Crippen LogP contribution in [0.3, 0.4) is 0 Å². The number of nitro groups is 1. The zero-order chi connectivity index (χ0) is 22.1. The van der Waals surface area contributed by atoms with E-state index in [2.05, 4.69) is 0 Å². The lowest BCUT2D eigenvalue weighted by molar-refractivity contribution is -0.385. The molecule has 0 saturated heterocycles. The highest BCUT2D eigenvalue weighted by Gasteiger charge is 2.22. The van der Waals surface area contributed by atoms with Crippen LogP contribution in [0.2, 0.25) is 0 Å². The Morgan fingerprint density at radius 3 is 2.78 bits per heavy atom. The standard InChI is InChI=1S/C24H21N3O5/c1-16-6-8-20(9-7-16)31-14-23-25-21-4-2-3-5-22(21)26(23)12-17-10-19(27(28)29)11-18-13-30-15-32-24(17)18/h2-11H,12-15H2,1H3. The van der Waals surface area contributed by atoms with Crippen molar-refractivity contribution in [1.29, 1.82) is 0 Å². The van der Waals surface area contributed by atoms with Crippen molar-refractivity contribution >= 4 is 16.7 Å². The van der Waals surface area contributed by atoms with Gasteiger partial charge in [0.25, 0.3) is 5.69 Å². The van der Waals surface area contributed by atoms with E-state index in [4.69, 9.17) is 19.2 Å². The van der Waals surface area contributed by atoms with Gasteiger partial charge < -0.3 is 18.8 Å². The van der Waals surface area contributed by atoms with Gasteiger partial charge in [0.2, 0.25) is 0 Å². The van der Waals surface area contributed by atoms with E-state index >= 15 is 0 Å². The molecule has 3 aromatic carbocycles. The maximum absolute atomic E-state index is 11.5. The fourth-order valence-corrected chi connectivity index (χ4v) is 3.87. The summed E-state index contributed by atoms with van der Waals surface area (Å²) in [5.74, 6) is 2.10. The van der Waals surface area contributed by atoms with Crippen LogP contribution in [-0.4, -0.2) is 21.3 Å². The minimum absolute atomic E-state index is 0.00901. The van der Waals surface area contributed by atoms with Crippen LogP contribution in [0.5, 0.6) is 11.5 Å². The van der Waals surface area contributed by atoms with Crippen LogP contribution >= 0.6 is 0 Å². The van der Waals surface area contributed by atoms with Gasteiger partial charge in [0.15, 0.2) is 6.79 Å². The van der Waals surface area contributed by atoms with Gasteiger partial charge in [-0.1, -0.05) is 29.8 Å². The summed E-state index contributed by atoms with van der Waals surface area (Å²) >= 11 is 0. The number of ether oxygens (including phenoxy) is 3. The van der Waals surface area contributed by atoms with E-state index in [0.29, 0.717) is 23.4 Å². The third-order valence-electron chi connectivity index (χ3n) is 5.43. The molecule has 0 fully saturated rings. The first kappa shape index (κ1) is 20.0. The number of fused-ring (bicyclic) bond motifs is 2. The van der Waals surface area contributed by atoms with Gasteiger partial charge in [-0.3, -0.25) is 10.1 Å². The van der Waals surface area contributed by atoms with Gasteiger partial charge >= 0.3 is 0 Å². The summed E-state index contributed by atoms with van der Waals surface area (Å²) in [6.45, 7) is 3.04. The number of aromatic nitrogens is 2. The Morgan fingerprint density at radius 1 is 1.16 bits per heavy atom. The number of hydrogen-bond acceptors (Lipinski definition) is 6. The highest BCUT2D eigenvalue weighted by atomic mass is 16.7. The molecule has 32 heavy (non-hydrogen) atoms. The van der Waals surface area contributed by atoms with E-state index in [1.165, 1.54) is 6.07 Å². The van der Waals surface area contributed by atoms with Crippen molar-refractivity contribution in [3.05, 3.63) is 93.3 Å². The summed E-state index contributed by atoms with van der Waals surface area (Å²) in [7, 11) is 0. The molecule has 0 aliphatic carbocycles. The van der Waals surface area contributed by atoms with Crippen LogP contribution in [-0.2, 0) is 24.5 Å². The lowest BCUT2D eigenvalue weighted by atomic mass is 10.1. The number of aryl methyl sites for hydroxylation is 1. The van der Waals surface area contributed by atoms with Gasteiger partial charge in [0.1, 0.15) is 23.9 Å². The van der Waals surface area contributed by atoms with Gasteiger partial charge in [-0.2, -0.15) is 0 Å². The number of hydrogen-bond donors (Lipinski definition) is 0. The number of para-hydroxylation sites is 2. The first-order chi connectivity index (χ1) is 15.6. The Kier molecular flexibility index (Phi) is 5.20. The molecule has 1 aliphatic rings. The third kappa shape index (κ3) is 3.88. The zero-order valence-electron chi connectivity index (χ0n) is 17.5. The fourth-order valence-electron chi connectivity index (χ4n) is 3.87. The normalized spacial score (nSPS) is 12.9. The molecule has 0 N–H and O–H groups in total. The quantitative estimate of drug-likeness (QED) is 0.323. The smallest absolute Gasteiger partial charge is 0.270 e. The summed E-state index contributed by atoms with van der Waals surface area (Å²) in [6, 6.07) is 18.7. The molecule has 0 amide bonds. The predicted molar refractivity (Wildman–Crippen MR) is 118 cm³/mol. The maximum atomic E-state index is 11.5. The summed E-state index contributed by atoms with van der Waals surface area (Å²) in [6.07, 6.45) is 0. The Morgan fingerprint density at radius 2 is 1.97 bits per heavy atom. The largest absolute Gasteiger partial charge is 0.486 e. The molecule has 5 rings (SSSR count). The average molecular weight is 431 g/mol. The zero-order valence-corrected chi connectivity index (χ0v) is 17.5. The molecule has 8 nitrogen and oxygen atoms in total. The Balaban J connectivity index is 1.54. The summed E-state index contributed by atoms with van der Waals surface area (Å²) in [4.78, 5) is 15.8. The molecule has 0 radical (unpaired) electrons. The van der Waals surface area contributed by atoms with Crippen molar-refractivity contribution in [2.24, 2.45) is 0 Å². The van der Waals surface area contributed by atoms with Gasteiger partial charge in [0.05, 0.1) is 29.1 Å². The summed E-state index contributed by atoms with van der Waals surface area (Å²) in [5.41, 5.74) is 4.29. The molecule has 0 saturated carbocycles. The molecule has 0 spiro atoms. The number of nitro benzene ring substituents is 1. The lowest BCUT2D eigenvalue weighted by Gasteiger charge is -2.21. The topological polar surface area (TPSA) is 88.7 Å². The van der Waals surface area contributed by atoms with Crippen LogP contribution < -0.4 is 9.47 Å². The summed E-state index contributed by atoms with van der Waals surface area (Å²) in [5, 5.41) is 11.5. The van der Waals surface area contributed by atoms with E-state index < -0.39 is 4.92 Å². The van der Waals surface area contributed by atoms with E-state index in [0.717, 1.165) is 28.2 Å². The average Bonchev–Trinajstić information content (AvgIpc) is 3.16. The van der Waals surface area contributed by atoms with Crippen LogP contribution in [0.15, 0.2) is 60.7 Å². The van der Waals surface area contributed by atoms with Gasteiger partial charge in [-0.15, -0.1) is 0 Å². The van der Waals surface area contributed by atoms with E-state index in [1.54, 1.807) is 6.07 Å². The number of nitrogens with zero attached hydrogens (tertiary/aromatic N) is 3. The van der Waals surface area contributed by atoms with Crippen molar-refractivity contribution in [2.75, 3.05) is 6.79 Å². The first-order valence-corrected chi connectivity index (χ1v) is 10.2. The van der Waals surface area contributed by atoms with E-state index in [1.807, 2.05) is 60.0 Å². The van der Waals surface area contributed by atoms with Crippen molar-refractivity contribution < 1.29 is 19.1 Å². The highest BCUT2D eigenvalue weighted by Crippen LogP contribution is 2.34. The predicted octanol–water partition coefficient (Wildman–Crippen LogP) is 4.75. The molecular formula is C24H21N3O5. The highest BCUT2D eigenvalue weighted by molar-refractivity contribution is 5.76. The van der Waals surface area contributed by atoms with Crippen molar-refractivity contribution in [3.63, 3.8) is 0 Å². The minimum atomic E-state index is -0.397. The second-order valence-electron chi connectivity index (χ2n) is 7.67. The van der Waals surface area contributed by atoms with Crippen molar-refractivity contribution in [1.82, 2.24) is 9.55 Å². The number of rotatable bonds is 6. The van der Waals surface area contributed by atoms with E-state index in [-0.39, 0.29) is 25.7 Å². The Labute approximate surface area is 184 Å². The molecule has 162 valence electrons. The summed E-state index contributed by atoms with van der Waals surface area (Å²) < 4.78 is 19.0. The first-order valence-electron chi connectivity index (χ1n) is 10.2. The van der Waals surface area contributed by atoms with Crippen LogP contribution in [0.25, 0.3) is 11.0 Å².